The summed E-state index contributed by atoms with van der Waals surface area (Å²) in [4.78, 5) is 23.2. The van der Waals surface area contributed by atoms with Crippen LogP contribution in [0.25, 0.3) is 0 Å². The van der Waals surface area contributed by atoms with Crippen molar-refractivity contribution >= 4 is 27.7 Å². The van der Waals surface area contributed by atoms with Gasteiger partial charge < -0.3 is 21.7 Å². The molecule has 0 amide bonds. The fraction of sp³-hybridized carbons (Fsp3) is 0.417. The van der Waals surface area contributed by atoms with Gasteiger partial charge in [-0.3, -0.25) is 9.59 Å². The van der Waals surface area contributed by atoms with Crippen LogP contribution in [0.5, 0.6) is 0 Å². The zero-order valence-corrected chi connectivity index (χ0v) is 13.0. The van der Waals surface area contributed by atoms with Crippen molar-refractivity contribution in [1.82, 2.24) is 0 Å². The topological polar surface area (TPSA) is 47.2 Å². The fourth-order valence-corrected chi connectivity index (χ4v) is 2.23. The first-order chi connectivity index (χ1) is 7.99. The van der Waals surface area contributed by atoms with Gasteiger partial charge in [0.1, 0.15) is 0 Å². The number of hydrogen-bond donors (Lipinski definition) is 0. The van der Waals surface area contributed by atoms with E-state index in [1.165, 1.54) is 0 Å². The SMILES string of the molecule is CC1(C(=O)C[n+]2cccc(Br)c2)CCC(=O)O1.[Br-]. The van der Waals surface area contributed by atoms with Gasteiger partial charge in [0.15, 0.2) is 18.0 Å². The highest BCUT2D eigenvalue weighted by atomic mass is 79.9. The summed E-state index contributed by atoms with van der Waals surface area (Å²) >= 11 is 3.34. The van der Waals surface area contributed by atoms with E-state index in [0.717, 1.165) is 4.47 Å². The Balaban J connectivity index is 0.00000162. The van der Waals surface area contributed by atoms with E-state index in [-0.39, 0.29) is 35.3 Å². The first-order valence-electron chi connectivity index (χ1n) is 5.39. The molecule has 1 aliphatic heterocycles. The van der Waals surface area contributed by atoms with Gasteiger partial charge in [-0.25, -0.2) is 0 Å². The van der Waals surface area contributed by atoms with Crippen molar-refractivity contribution in [3.05, 3.63) is 29.0 Å². The molecule has 4 nitrogen and oxygen atoms in total. The number of cyclic esters (lactones) is 1. The van der Waals surface area contributed by atoms with Crippen LogP contribution in [-0.4, -0.2) is 17.4 Å². The minimum absolute atomic E-state index is 0. The molecule has 0 N–H and O–H groups in total. The summed E-state index contributed by atoms with van der Waals surface area (Å²) in [5.41, 5.74) is -0.952. The number of esters is 1. The summed E-state index contributed by atoms with van der Waals surface area (Å²) in [6.07, 6.45) is 4.42. The lowest BCUT2D eigenvalue weighted by Gasteiger charge is -2.18. The molecule has 2 heterocycles. The molecule has 1 atom stereocenters. The minimum atomic E-state index is -0.952. The molecule has 2 rings (SSSR count). The summed E-state index contributed by atoms with van der Waals surface area (Å²) in [5.74, 6) is -0.369. The summed E-state index contributed by atoms with van der Waals surface area (Å²) in [6.45, 7) is 1.89. The molecule has 0 radical (unpaired) electrons. The third kappa shape index (κ3) is 3.38. The Hall–Kier alpha value is -0.750. The second-order valence-electron chi connectivity index (χ2n) is 4.32. The average Bonchev–Trinajstić information content (AvgIpc) is 2.60. The Morgan fingerprint density at radius 2 is 2.33 bits per heavy atom. The average molecular weight is 379 g/mol. The molecular weight excluding hydrogens is 366 g/mol. The van der Waals surface area contributed by atoms with Crippen LogP contribution < -0.4 is 21.5 Å². The van der Waals surface area contributed by atoms with Crippen LogP contribution in [0.2, 0.25) is 0 Å². The number of hydrogen-bond acceptors (Lipinski definition) is 3. The van der Waals surface area contributed by atoms with Crippen molar-refractivity contribution in [2.45, 2.75) is 31.9 Å². The number of ether oxygens (including phenoxy) is 1. The molecule has 98 valence electrons. The monoisotopic (exact) mass is 377 g/mol. The Morgan fingerprint density at radius 3 is 2.89 bits per heavy atom. The van der Waals surface area contributed by atoms with E-state index in [4.69, 9.17) is 4.74 Å². The molecule has 1 unspecified atom stereocenters. The predicted molar refractivity (Wildman–Crippen MR) is 63.1 cm³/mol. The van der Waals surface area contributed by atoms with E-state index in [1.807, 2.05) is 24.5 Å². The van der Waals surface area contributed by atoms with Gasteiger partial charge in [-0.05, 0) is 28.9 Å². The van der Waals surface area contributed by atoms with Gasteiger partial charge in [-0.1, -0.05) is 0 Å². The third-order valence-electron chi connectivity index (χ3n) is 2.88. The number of carbonyl (C=O) groups excluding carboxylic acids is 2. The lowest BCUT2D eigenvalue weighted by molar-refractivity contribution is -0.685. The number of Topliss-reactive ketones (excluding diaryl/α,β-unsaturated/α-hetero) is 1. The Labute approximate surface area is 124 Å². The fourth-order valence-electron chi connectivity index (χ4n) is 1.81. The smallest absolute Gasteiger partial charge is 0.306 e. The predicted octanol–water partition coefficient (Wildman–Crippen LogP) is -1.59. The minimum Gasteiger partial charge on any atom is -1.00 e. The number of pyridine rings is 1. The zero-order valence-electron chi connectivity index (χ0n) is 9.86. The van der Waals surface area contributed by atoms with E-state index in [9.17, 15) is 9.59 Å². The quantitative estimate of drug-likeness (QED) is 0.470. The summed E-state index contributed by atoms with van der Waals surface area (Å²) < 4.78 is 7.77. The van der Waals surface area contributed by atoms with E-state index in [0.29, 0.717) is 12.8 Å². The van der Waals surface area contributed by atoms with Crippen LogP contribution in [-0.2, 0) is 20.9 Å². The van der Waals surface area contributed by atoms with Gasteiger partial charge in [0.2, 0.25) is 12.3 Å². The van der Waals surface area contributed by atoms with E-state index < -0.39 is 5.60 Å². The Morgan fingerprint density at radius 1 is 1.61 bits per heavy atom. The van der Waals surface area contributed by atoms with E-state index >= 15 is 0 Å². The zero-order chi connectivity index (χ0) is 12.5. The third-order valence-corrected chi connectivity index (χ3v) is 3.35. The van der Waals surface area contributed by atoms with Crippen molar-refractivity contribution in [2.24, 2.45) is 0 Å². The molecule has 0 spiro atoms. The molecule has 1 aromatic heterocycles. The number of rotatable bonds is 3. The molecule has 0 aromatic carbocycles. The molecule has 1 aliphatic rings. The molecule has 1 fully saturated rings. The van der Waals surface area contributed by atoms with Crippen molar-refractivity contribution in [1.29, 1.82) is 0 Å². The van der Waals surface area contributed by atoms with Crippen LogP contribution in [0.15, 0.2) is 29.0 Å². The molecule has 6 heteroatoms. The van der Waals surface area contributed by atoms with Gasteiger partial charge >= 0.3 is 5.97 Å². The van der Waals surface area contributed by atoms with Crippen LogP contribution in [0.3, 0.4) is 0 Å². The maximum Gasteiger partial charge on any atom is 0.306 e. The van der Waals surface area contributed by atoms with Gasteiger partial charge in [-0.15, -0.1) is 0 Å². The first kappa shape index (κ1) is 15.3. The number of aromatic nitrogens is 1. The van der Waals surface area contributed by atoms with E-state index in [1.54, 1.807) is 11.5 Å². The van der Waals surface area contributed by atoms with Gasteiger partial charge in [0.05, 0.1) is 4.47 Å². The molecule has 1 saturated heterocycles. The Kier molecular flexibility index (Phi) is 5.04. The highest BCUT2D eigenvalue weighted by molar-refractivity contribution is 9.10. The number of halogens is 2. The van der Waals surface area contributed by atoms with Crippen LogP contribution in [0, 0.1) is 0 Å². The number of nitrogens with zero attached hydrogens (tertiary/aromatic N) is 1. The second kappa shape index (κ2) is 5.93. The largest absolute Gasteiger partial charge is 1.00 e. The molecule has 1 aromatic rings. The Bertz CT molecular complexity index is 478. The van der Waals surface area contributed by atoms with Crippen LogP contribution in [0.1, 0.15) is 19.8 Å². The normalized spacial score (nSPS) is 22.2. The van der Waals surface area contributed by atoms with Crippen molar-refractivity contribution in [3.63, 3.8) is 0 Å². The molecule has 0 saturated carbocycles. The lowest BCUT2D eigenvalue weighted by atomic mass is 9.97. The first-order valence-corrected chi connectivity index (χ1v) is 6.19. The van der Waals surface area contributed by atoms with Crippen molar-refractivity contribution < 1.29 is 35.9 Å². The van der Waals surface area contributed by atoms with Crippen LogP contribution in [0.4, 0.5) is 0 Å². The molecule has 18 heavy (non-hydrogen) atoms. The highest BCUT2D eigenvalue weighted by Crippen LogP contribution is 2.27. The van der Waals surface area contributed by atoms with E-state index in [2.05, 4.69) is 15.9 Å². The standard InChI is InChI=1S/C12H13BrNO3.BrH/c1-12(5-4-11(16)17-12)10(15)8-14-6-2-3-9(13)7-14;/h2-3,6-7H,4-5,8H2,1H3;1H/q+1;/p-1. The van der Waals surface area contributed by atoms with Gasteiger partial charge in [0.25, 0.3) is 0 Å². The van der Waals surface area contributed by atoms with Crippen molar-refractivity contribution in [3.8, 4) is 0 Å². The van der Waals surface area contributed by atoms with Crippen molar-refractivity contribution in [2.75, 3.05) is 0 Å². The summed E-state index contributed by atoms with van der Waals surface area (Å²) in [6, 6.07) is 3.73. The number of carbonyl (C=O) groups is 2. The second-order valence-corrected chi connectivity index (χ2v) is 5.24. The highest BCUT2D eigenvalue weighted by Gasteiger charge is 2.43. The lowest BCUT2D eigenvalue weighted by Crippen LogP contribution is -3.00. The molecular formula is C12H13Br2NO3. The van der Waals surface area contributed by atoms with Gasteiger partial charge in [0, 0.05) is 18.9 Å². The number of ketones is 1. The summed E-state index contributed by atoms with van der Waals surface area (Å²) in [7, 11) is 0. The van der Waals surface area contributed by atoms with Gasteiger partial charge in [-0.2, -0.15) is 4.57 Å². The van der Waals surface area contributed by atoms with Crippen LogP contribution >= 0.6 is 15.9 Å². The molecule has 0 bridgehead atoms. The maximum atomic E-state index is 12.1. The maximum absolute atomic E-state index is 12.1. The summed E-state index contributed by atoms with van der Waals surface area (Å²) in [5, 5.41) is 0. The molecule has 0 aliphatic carbocycles.